The molecule has 0 N–H and O–H groups in total. The Morgan fingerprint density at radius 2 is 1.71 bits per heavy atom. The van der Waals surface area contributed by atoms with Gasteiger partial charge >= 0.3 is 5.97 Å². The number of hydrogen-bond acceptors (Lipinski definition) is 4. The molecular formula is C16H11Cl4NO3. The fraction of sp³-hybridized carbons (Fsp3) is 0.188. The number of Topliss-reactive ketones (excluding diaryl/α,β-unsaturated/α-hetero) is 1. The van der Waals surface area contributed by atoms with Crippen molar-refractivity contribution >= 4 is 58.2 Å². The Bertz CT molecular complexity index is 837. The lowest BCUT2D eigenvalue weighted by Gasteiger charge is -2.09. The van der Waals surface area contributed by atoms with E-state index in [0.29, 0.717) is 5.56 Å². The molecule has 0 aliphatic rings. The third kappa shape index (κ3) is 4.01. The van der Waals surface area contributed by atoms with Gasteiger partial charge in [0.05, 0.1) is 15.1 Å². The maximum Gasteiger partial charge on any atom is 0.359 e. The van der Waals surface area contributed by atoms with Crippen LogP contribution in [-0.4, -0.2) is 23.3 Å². The molecule has 24 heavy (non-hydrogen) atoms. The van der Waals surface area contributed by atoms with Gasteiger partial charge in [0, 0.05) is 5.56 Å². The molecule has 0 radical (unpaired) electrons. The minimum Gasteiger partial charge on any atom is -0.453 e. The van der Waals surface area contributed by atoms with Crippen LogP contribution in [0.5, 0.6) is 0 Å². The molecule has 8 heteroatoms. The number of aryl methyl sites for hydroxylation is 2. The fourth-order valence-corrected chi connectivity index (χ4v) is 2.74. The van der Waals surface area contributed by atoms with Gasteiger partial charge in [0.2, 0.25) is 5.78 Å². The van der Waals surface area contributed by atoms with Crippen molar-refractivity contribution in [3.05, 3.63) is 60.8 Å². The average Bonchev–Trinajstić information content (AvgIpc) is 2.55. The second-order valence-electron chi connectivity index (χ2n) is 5.01. The number of aromatic nitrogens is 1. The highest BCUT2D eigenvalue weighted by atomic mass is 35.5. The van der Waals surface area contributed by atoms with Crippen molar-refractivity contribution in [1.29, 1.82) is 0 Å². The smallest absolute Gasteiger partial charge is 0.359 e. The highest BCUT2D eigenvalue weighted by Crippen LogP contribution is 2.36. The molecule has 0 amide bonds. The van der Waals surface area contributed by atoms with Gasteiger partial charge in [-0.2, -0.15) is 0 Å². The second-order valence-corrected chi connectivity index (χ2v) is 6.50. The van der Waals surface area contributed by atoms with Crippen LogP contribution in [0, 0.1) is 13.8 Å². The van der Waals surface area contributed by atoms with Gasteiger partial charge in [-0.05, 0) is 25.5 Å². The predicted molar refractivity (Wildman–Crippen MR) is 94.8 cm³/mol. The van der Waals surface area contributed by atoms with Crippen molar-refractivity contribution < 1.29 is 14.3 Å². The van der Waals surface area contributed by atoms with Gasteiger partial charge in [-0.25, -0.2) is 9.78 Å². The highest BCUT2D eigenvalue weighted by molar-refractivity contribution is 6.52. The average molecular weight is 407 g/mol. The summed E-state index contributed by atoms with van der Waals surface area (Å²) in [4.78, 5) is 28.1. The Morgan fingerprint density at radius 3 is 2.38 bits per heavy atom. The molecular weight excluding hydrogens is 396 g/mol. The normalized spacial score (nSPS) is 10.6. The molecule has 0 bridgehead atoms. The second kappa shape index (κ2) is 7.70. The first-order valence-corrected chi connectivity index (χ1v) is 8.21. The van der Waals surface area contributed by atoms with E-state index < -0.39 is 12.6 Å². The molecule has 2 aromatic rings. The van der Waals surface area contributed by atoms with Gasteiger partial charge in [0.15, 0.2) is 12.3 Å². The molecule has 0 aliphatic carbocycles. The number of hydrogen-bond donors (Lipinski definition) is 0. The van der Waals surface area contributed by atoms with E-state index in [1.54, 1.807) is 13.0 Å². The van der Waals surface area contributed by atoms with E-state index >= 15 is 0 Å². The number of esters is 1. The lowest BCUT2D eigenvalue weighted by molar-refractivity contribution is 0.0469. The zero-order valence-corrected chi connectivity index (χ0v) is 15.6. The van der Waals surface area contributed by atoms with Crippen molar-refractivity contribution in [1.82, 2.24) is 4.98 Å². The first kappa shape index (κ1) is 19.0. The molecule has 0 unspecified atom stereocenters. The zero-order chi connectivity index (χ0) is 18.0. The fourth-order valence-electron chi connectivity index (χ4n) is 1.94. The molecule has 0 saturated heterocycles. The van der Waals surface area contributed by atoms with Crippen LogP contribution in [-0.2, 0) is 4.74 Å². The van der Waals surface area contributed by atoms with Gasteiger partial charge < -0.3 is 4.74 Å². The summed E-state index contributed by atoms with van der Waals surface area (Å²) in [5, 5.41) is -0.536. The molecule has 2 rings (SSSR count). The van der Waals surface area contributed by atoms with Crippen molar-refractivity contribution in [2.24, 2.45) is 0 Å². The van der Waals surface area contributed by atoms with E-state index in [1.165, 1.54) is 0 Å². The number of pyridine rings is 1. The van der Waals surface area contributed by atoms with Crippen LogP contribution in [0.3, 0.4) is 0 Å². The summed E-state index contributed by atoms with van der Waals surface area (Å²) < 4.78 is 4.97. The third-order valence-electron chi connectivity index (χ3n) is 3.21. The lowest BCUT2D eigenvalue weighted by Crippen LogP contribution is -2.16. The van der Waals surface area contributed by atoms with Crippen LogP contribution in [0.1, 0.15) is 32.0 Å². The number of ether oxygens (including phenoxy) is 1. The summed E-state index contributed by atoms with van der Waals surface area (Å²) in [6, 6.07) is 5.44. The summed E-state index contributed by atoms with van der Waals surface area (Å²) in [6.07, 6.45) is 0. The van der Waals surface area contributed by atoms with E-state index in [1.807, 2.05) is 19.1 Å². The summed E-state index contributed by atoms with van der Waals surface area (Å²) in [5.74, 6) is -1.26. The molecule has 4 nitrogen and oxygen atoms in total. The van der Waals surface area contributed by atoms with Crippen LogP contribution >= 0.6 is 46.4 Å². The highest BCUT2D eigenvalue weighted by Gasteiger charge is 2.22. The number of nitrogens with zero attached hydrogens (tertiary/aromatic N) is 1. The quantitative estimate of drug-likeness (QED) is 0.390. The topological polar surface area (TPSA) is 56.3 Å². The molecule has 1 aromatic heterocycles. The van der Waals surface area contributed by atoms with E-state index in [2.05, 4.69) is 4.98 Å². The minimum absolute atomic E-state index is 0.0636. The third-order valence-corrected chi connectivity index (χ3v) is 4.88. The van der Waals surface area contributed by atoms with Gasteiger partial charge in [-0.15, -0.1) is 0 Å². The van der Waals surface area contributed by atoms with E-state index in [-0.39, 0.29) is 31.7 Å². The standard InChI is InChI=1S/C16H11Cl4NO3/c1-7-3-4-8(2)9(5-7)10(22)6-24-16(23)14-12(18)11(17)13(19)15(20)21-14/h3-5H,6H2,1-2H3. The summed E-state index contributed by atoms with van der Waals surface area (Å²) >= 11 is 23.3. The molecule has 0 aliphatic heterocycles. The molecule has 0 saturated carbocycles. The van der Waals surface area contributed by atoms with Crippen LogP contribution in [0.15, 0.2) is 18.2 Å². The zero-order valence-electron chi connectivity index (χ0n) is 12.6. The Hall–Kier alpha value is -1.33. The van der Waals surface area contributed by atoms with Crippen molar-refractivity contribution in [2.45, 2.75) is 13.8 Å². The predicted octanol–water partition coefficient (Wildman–Crippen LogP) is 5.35. The van der Waals surface area contributed by atoms with Crippen molar-refractivity contribution in [3.8, 4) is 0 Å². The van der Waals surface area contributed by atoms with Crippen molar-refractivity contribution in [3.63, 3.8) is 0 Å². The van der Waals surface area contributed by atoms with Gasteiger partial charge in [0.1, 0.15) is 5.15 Å². The van der Waals surface area contributed by atoms with Gasteiger partial charge in [-0.3, -0.25) is 4.79 Å². The van der Waals surface area contributed by atoms with Gasteiger partial charge in [0.25, 0.3) is 0 Å². The van der Waals surface area contributed by atoms with E-state index in [4.69, 9.17) is 51.1 Å². The van der Waals surface area contributed by atoms with Crippen molar-refractivity contribution in [2.75, 3.05) is 6.61 Å². The Balaban J connectivity index is 2.17. The molecule has 0 spiro atoms. The van der Waals surface area contributed by atoms with E-state index in [9.17, 15) is 9.59 Å². The molecule has 0 fully saturated rings. The Morgan fingerprint density at radius 1 is 1.04 bits per heavy atom. The summed E-state index contributed by atoms with van der Waals surface area (Å²) in [7, 11) is 0. The van der Waals surface area contributed by atoms with Gasteiger partial charge in [-0.1, -0.05) is 64.1 Å². The number of carbonyl (C=O) groups is 2. The molecule has 1 heterocycles. The lowest BCUT2D eigenvalue weighted by atomic mass is 10.0. The largest absolute Gasteiger partial charge is 0.453 e. The van der Waals surface area contributed by atoms with Crippen LogP contribution < -0.4 is 0 Å². The van der Waals surface area contributed by atoms with Crippen LogP contribution in [0.25, 0.3) is 0 Å². The SMILES string of the molecule is Cc1ccc(C)c(C(=O)COC(=O)c2nc(Cl)c(Cl)c(Cl)c2Cl)c1. The maximum absolute atomic E-state index is 12.2. The Kier molecular flexibility index (Phi) is 6.10. The van der Waals surface area contributed by atoms with E-state index in [0.717, 1.165) is 11.1 Å². The number of ketones is 1. The number of carbonyl (C=O) groups excluding carboxylic acids is 2. The molecule has 0 atom stereocenters. The van der Waals surface area contributed by atoms with Crippen LogP contribution in [0.2, 0.25) is 20.2 Å². The first-order valence-electron chi connectivity index (χ1n) is 6.70. The minimum atomic E-state index is -0.917. The summed E-state index contributed by atoms with van der Waals surface area (Å²) in [6.45, 7) is 3.20. The molecule has 126 valence electrons. The first-order chi connectivity index (χ1) is 11.2. The Labute approximate surface area is 158 Å². The summed E-state index contributed by atoms with van der Waals surface area (Å²) in [5.41, 5.74) is 1.89. The molecule has 1 aromatic carbocycles. The number of benzene rings is 1. The van der Waals surface area contributed by atoms with Crippen LogP contribution in [0.4, 0.5) is 0 Å². The number of rotatable bonds is 4. The monoisotopic (exact) mass is 405 g/mol. The number of halogens is 4. The maximum atomic E-state index is 12.2.